The van der Waals surface area contributed by atoms with E-state index in [9.17, 15) is 4.79 Å². The van der Waals surface area contributed by atoms with E-state index in [0.29, 0.717) is 18.3 Å². The van der Waals surface area contributed by atoms with Crippen LogP contribution >= 0.6 is 11.3 Å². The van der Waals surface area contributed by atoms with Crippen LogP contribution in [0.4, 0.5) is 5.13 Å². The molecule has 4 heterocycles. The molecule has 0 atom stereocenters. The molecule has 3 aliphatic heterocycles. The lowest BCUT2D eigenvalue weighted by Crippen LogP contribution is -2.44. The summed E-state index contributed by atoms with van der Waals surface area (Å²) in [6, 6.07) is 0. The first-order valence-corrected chi connectivity index (χ1v) is 10.9. The van der Waals surface area contributed by atoms with Gasteiger partial charge in [-0.05, 0) is 38.8 Å². The maximum atomic E-state index is 12.6. The highest BCUT2D eigenvalue weighted by Gasteiger charge is 2.36. The lowest BCUT2D eigenvalue weighted by molar-refractivity contribution is -0.117. The number of hydrogen-bond donors (Lipinski definition) is 1. The number of hydrogen-bond acceptors (Lipinski definition) is 7. The summed E-state index contributed by atoms with van der Waals surface area (Å²) in [5.41, 5.74) is 1.19. The molecule has 0 unspecified atom stereocenters. The molecule has 0 radical (unpaired) electrons. The first kappa shape index (κ1) is 19.3. The van der Waals surface area contributed by atoms with E-state index in [4.69, 9.17) is 9.47 Å². The summed E-state index contributed by atoms with van der Waals surface area (Å²) in [6.45, 7) is 8.36. The van der Waals surface area contributed by atoms with Crippen molar-refractivity contribution in [1.82, 2.24) is 14.8 Å². The first-order valence-electron chi connectivity index (χ1n) is 10.1. The smallest absolute Gasteiger partial charge is 0.240 e. The predicted octanol–water partition coefficient (Wildman–Crippen LogP) is 1.81. The Morgan fingerprint density at radius 3 is 2.78 bits per heavy atom. The Hall–Kier alpha value is -1.06. The SMILES string of the molecule is O=C(CN1CCOCC2(CCOCC2)C1)Nc1nc(CN2CCCC2)cs1. The van der Waals surface area contributed by atoms with Gasteiger partial charge in [0.25, 0.3) is 0 Å². The largest absolute Gasteiger partial charge is 0.381 e. The maximum absolute atomic E-state index is 12.6. The highest BCUT2D eigenvalue weighted by atomic mass is 32.1. The summed E-state index contributed by atoms with van der Waals surface area (Å²) in [5.74, 6) is 0.0150. The molecule has 1 aromatic rings. The van der Waals surface area contributed by atoms with Gasteiger partial charge in [0.15, 0.2) is 5.13 Å². The van der Waals surface area contributed by atoms with E-state index >= 15 is 0 Å². The molecule has 0 bridgehead atoms. The number of rotatable bonds is 5. The van der Waals surface area contributed by atoms with Crippen LogP contribution in [0, 0.1) is 5.41 Å². The van der Waals surface area contributed by atoms with Crippen LogP contribution in [0.5, 0.6) is 0 Å². The molecular formula is C19H30N4O3S. The van der Waals surface area contributed by atoms with E-state index in [1.807, 2.05) is 0 Å². The molecule has 8 heteroatoms. The van der Waals surface area contributed by atoms with Gasteiger partial charge in [0.05, 0.1) is 25.5 Å². The summed E-state index contributed by atoms with van der Waals surface area (Å²) in [6.07, 6.45) is 4.58. The Labute approximate surface area is 165 Å². The van der Waals surface area contributed by atoms with Crippen molar-refractivity contribution in [3.8, 4) is 0 Å². The predicted molar refractivity (Wildman–Crippen MR) is 105 cm³/mol. The summed E-state index contributed by atoms with van der Waals surface area (Å²) in [7, 11) is 0. The van der Waals surface area contributed by atoms with Crippen LogP contribution in [-0.4, -0.2) is 79.8 Å². The molecule has 0 aliphatic carbocycles. The molecule has 3 fully saturated rings. The van der Waals surface area contributed by atoms with Gasteiger partial charge in [-0.2, -0.15) is 0 Å². The van der Waals surface area contributed by atoms with Crippen LogP contribution in [0.2, 0.25) is 0 Å². The minimum atomic E-state index is 0.0150. The van der Waals surface area contributed by atoms with Crippen LogP contribution in [0.15, 0.2) is 5.38 Å². The molecule has 1 N–H and O–H groups in total. The zero-order valence-electron chi connectivity index (χ0n) is 16.0. The minimum absolute atomic E-state index is 0.0150. The third-order valence-corrected chi connectivity index (χ3v) is 6.63. The Bertz CT molecular complexity index is 626. The van der Waals surface area contributed by atoms with E-state index in [0.717, 1.165) is 71.1 Å². The van der Waals surface area contributed by atoms with E-state index in [1.165, 1.54) is 24.2 Å². The van der Waals surface area contributed by atoms with Gasteiger partial charge in [0.2, 0.25) is 5.91 Å². The summed E-state index contributed by atoms with van der Waals surface area (Å²) >= 11 is 1.52. The van der Waals surface area contributed by atoms with Gasteiger partial charge >= 0.3 is 0 Å². The monoisotopic (exact) mass is 394 g/mol. The van der Waals surface area contributed by atoms with Crippen LogP contribution in [-0.2, 0) is 20.8 Å². The van der Waals surface area contributed by atoms with Gasteiger partial charge in [0.1, 0.15) is 0 Å². The molecule has 4 rings (SSSR count). The minimum Gasteiger partial charge on any atom is -0.381 e. The van der Waals surface area contributed by atoms with Gasteiger partial charge in [-0.1, -0.05) is 0 Å². The molecule has 7 nitrogen and oxygen atoms in total. The quantitative estimate of drug-likeness (QED) is 0.822. The van der Waals surface area contributed by atoms with Crippen molar-refractivity contribution in [2.75, 3.05) is 64.5 Å². The zero-order valence-corrected chi connectivity index (χ0v) is 16.8. The number of amides is 1. The molecule has 1 amide bonds. The van der Waals surface area contributed by atoms with E-state index < -0.39 is 0 Å². The Morgan fingerprint density at radius 1 is 1.15 bits per heavy atom. The van der Waals surface area contributed by atoms with Crippen molar-refractivity contribution in [2.24, 2.45) is 5.41 Å². The molecule has 0 saturated carbocycles. The second-order valence-electron chi connectivity index (χ2n) is 8.05. The van der Waals surface area contributed by atoms with Crippen molar-refractivity contribution in [2.45, 2.75) is 32.2 Å². The van der Waals surface area contributed by atoms with Crippen LogP contribution in [0.1, 0.15) is 31.4 Å². The van der Waals surface area contributed by atoms with Gasteiger partial charge < -0.3 is 14.8 Å². The highest BCUT2D eigenvalue weighted by Crippen LogP contribution is 2.33. The second kappa shape index (κ2) is 8.96. The second-order valence-corrected chi connectivity index (χ2v) is 8.91. The fourth-order valence-corrected chi connectivity index (χ4v) is 5.01. The fraction of sp³-hybridized carbons (Fsp3) is 0.789. The topological polar surface area (TPSA) is 66.9 Å². The van der Waals surface area contributed by atoms with Gasteiger partial charge in [-0.25, -0.2) is 4.98 Å². The number of anilines is 1. The number of nitrogens with zero attached hydrogens (tertiary/aromatic N) is 3. The normalized spacial score (nSPS) is 24.1. The average Bonchev–Trinajstić information content (AvgIpc) is 3.28. The molecule has 1 aromatic heterocycles. The van der Waals surface area contributed by atoms with Crippen molar-refractivity contribution in [3.05, 3.63) is 11.1 Å². The molecule has 1 spiro atoms. The van der Waals surface area contributed by atoms with Crippen molar-refractivity contribution >= 4 is 22.4 Å². The van der Waals surface area contributed by atoms with Crippen molar-refractivity contribution in [1.29, 1.82) is 0 Å². The number of ether oxygens (including phenoxy) is 2. The van der Waals surface area contributed by atoms with E-state index in [1.54, 1.807) is 0 Å². The van der Waals surface area contributed by atoms with E-state index in [-0.39, 0.29) is 11.3 Å². The standard InChI is InChI=1S/C19H30N4O3S/c24-17(21-18-20-16(13-27-18)11-22-5-1-2-6-22)12-23-7-10-26-15-19(14-23)3-8-25-9-4-19/h13H,1-12,14-15H2,(H,20,21,24). The molecule has 3 saturated heterocycles. The van der Waals surface area contributed by atoms with Gasteiger partial charge in [-0.3, -0.25) is 14.6 Å². The van der Waals surface area contributed by atoms with Crippen LogP contribution in [0.3, 0.4) is 0 Å². The summed E-state index contributed by atoms with van der Waals surface area (Å²) in [4.78, 5) is 21.8. The number of likely N-dealkylation sites (tertiary alicyclic amines) is 1. The maximum Gasteiger partial charge on any atom is 0.240 e. The fourth-order valence-electron chi connectivity index (χ4n) is 4.29. The third-order valence-electron chi connectivity index (χ3n) is 5.82. The Morgan fingerprint density at radius 2 is 1.96 bits per heavy atom. The molecule has 27 heavy (non-hydrogen) atoms. The Kier molecular flexibility index (Phi) is 6.39. The average molecular weight is 395 g/mol. The summed E-state index contributed by atoms with van der Waals surface area (Å²) < 4.78 is 11.4. The number of carbonyl (C=O) groups excluding carboxylic acids is 1. The number of carbonyl (C=O) groups is 1. The zero-order chi connectivity index (χ0) is 18.5. The lowest BCUT2D eigenvalue weighted by Gasteiger charge is -2.38. The number of thiazole rings is 1. The summed E-state index contributed by atoms with van der Waals surface area (Å²) in [5, 5.41) is 5.76. The van der Waals surface area contributed by atoms with Gasteiger partial charge in [0, 0.05) is 43.6 Å². The number of aromatic nitrogens is 1. The molecule has 3 aliphatic rings. The van der Waals surface area contributed by atoms with Crippen molar-refractivity contribution < 1.29 is 14.3 Å². The van der Waals surface area contributed by atoms with Crippen molar-refractivity contribution in [3.63, 3.8) is 0 Å². The van der Waals surface area contributed by atoms with Crippen LogP contribution < -0.4 is 5.32 Å². The van der Waals surface area contributed by atoms with E-state index in [2.05, 4.69) is 25.5 Å². The highest BCUT2D eigenvalue weighted by molar-refractivity contribution is 7.13. The third kappa shape index (κ3) is 5.26. The molecular weight excluding hydrogens is 364 g/mol. The first-order chi connectivity index (χ1) is 13.2. The van der Waals surface area contributed by atoms with Gasteiger partial charge in [-0.15, -0.1) is 11.3 Å². The number of nitrogens with one attached hydrogen (secondary N) is 1. The Balaban J connectivity index is 1.28. The molecule has 0 aromatic carbocycles. The molecule has 150 valence electrons. The van der Waals surface area contributed by atoms with Crippen LogP contribution in [0.25, 0.3) is 0 Å². The lowest BCUT2D eigenvalue weighted by atomic mass is 9.80.